The molecule has 0 saturated carbocycles. The van der Waals surface area contributed by atoms with E-state index in [4.69, 9.17) is 0 Å². The van der Waals surface area contributed by atoms with Crippen LogP contribution in [0, 0.1) is 0 Å². The quantitative estimate of drug-likeness (QED) is 0.888. The summed E-state index contributed by atoms with van der Waals surface area (Å²) in [5.41, 5.74) is -0.822. The molecular formula is C12H16F3N3O2S. The summed E-state index contributed by atoms with van der Waals surface area (Å²) in [5, 5.41) is 5.51. The second-order valence-electron chi connectivity index (χ2n) is 4.90. The fourth-order valence-electron chi connectivity index (χ4n) is 2.16. The van der Waals surface area contributed by atoms with Crippen LogP contribution >= 0.6 is 0 Å². The van der Waals surface area contributed by atoms with E-state index in [-0.39, 0.29) is 23.1 Å². The molecule has 1 aromatic heterocycles. The molecule has 1 saturated heterocycles. The van der Waals surface area contributed by atoms with E-state index in [1.165, 1.54) is 0 Å². The van der Waals surface area contributed by atoms with Crippen LogP contribution in [0.3, 0.4) is 0 Å². The van der Waals surface area contributed by atoms with Gasteiger partial charge in [-0.25, -0.2) is 13.4 Å². The Morgan fingerprint density at radius 1 is 1.33 bits per heavy atom. The van der Waals surface area contributed by atoms with Crippen molar-refractivity contribution in [3.63, 3.8) is 0 Å². The number of anilines is 2. The number of hydrogen-bond donors (Lipinski definition) is 2. The van der Waals surface area contributed by atoms with Crippen molar-refractivity contribution in [2.75, 3.05) is 28.7 Å². The van der Waals surface area contributed by atoms with Gasteiger partial charge in [0.2, 0.25) is 0 Å². The first kappa shape index (κ1) is 15.9. The summed E-state index contributed by atoms with van der Waals surface area (Å²) >= 11 is 0. The van der Waals surface area contributed by atoms with Gasteiger partial charge in [0.15, 0.2) is 9.84 Å². The summed E-state index contributed by atoms with van der Waals surface area (Å²) < 4.78 is 61.3. The van der Waals surface area contributed by atoms with Crippen LogP contribution in [0.4, 0.5) is 24.8 Å². The highest BCUT2D eigenvalue weighted by Crippen LogP contribution is 2.32. The zero-order valence-corrected chi connectivity index (χ0v) is 12.2. The molecule has 1 aromatic rings. The number of hydrogen-bond acceptors (Lipinski definition) is 5. The van der Waals surface area contributed by atoms with Gasteiger partial charge in [-0.2, -0.15) is 13.2 Å². The van der Waals surface area contributed by atoms with Gasteiger partial charge in [-0.05, 0) is 25.5 Å². The van der Waals surface area contributed by atoms with Gasteiger partial charge in [-0.3, -0.25) is 0 Å². The first-order chi connectivity index (χ1) is 9.69. The van der Waals surface area contributed by atoms with Crippen LogP contribution < -0.4 is 10.6 Å². The highest BCUT2D eigenvalue weighted by molar-refractivity contribution is 7.91. The first-order valence-electron chi connectivity index (χ1n) is 6.50. The molecule has 2 N–H and O–H groups in total. The van der Waals surface area contributed by atoms with E-state index < -0.39 is 27.6 Å². The smallest absolute Gasteiger partial charge is 0.370 e. The monoisotopic (exact) mass is 323 g/mol. The maximum atomic E-state index is 12.8. The molecule has 9 heteroatoms. The Kier molecular flexibility index (Phi) is 4.31. The molecule has 118 valence electrons. The second kappa shape index (κ2) is 5.70. The van der Waals surface area contributed by atoms with Crippen molar-refractivity contribution < 1.29 is 21.6 Å². The molecule has 2 heterocycles. The first-order valence-corrected chi connectivity index (χ1v) is 8.32. The van der Waals surface area contributed by atoms with Crippen molar-refractivity contribution in [2.45, 2.75) is 25.6 Å². The zero-order chi connectivity index (χ0) is 15.7. The summed E-state index contributed by atoms with van der Waals surface area (Å²) in [5.74, 6) is 0.101. The zero-order valence-electron chi connectivity index (χ0n) is 11.4. The van der Waals surface area contributed by atoms with E-state index in [0.29, 0.717) is 13.0 Å². The number of pyridine rings is 1. The lowest BCUT2D eigenvalue weighted by molar-refractivity contribution is -0.137. The molecule has 0 bridgehead atoms. The summed E-state index contributed by atoms with van der Waals surface area (Å²) in [6, 6.07) is 1.42. The standard InChI is InChI=1S/C12H16F3N3O2S/c1-2-16-10-5-8(12(13,14)15)6-11(18-10)17-9-3-4-21(19,20)7-9/h5-6,9H,2-4,7H2,1H3,(H2,16,17,18). The number of halogens is 3. The number of sulfone groups is 1. The lowest BCUT2D eigenvalue weighted by atomic mass is 10.2. The van der Waals surface area contributed by atoms with E-state index in [0.717, 1.165) is 12.1 Å². The van der Waals surface area contributed by atoms with Crippen molar-refractivity contribution in [3.05, 3.63) is 17.7 Å². The Morgan fingerprint density at radius 2 is 2.00 bits per heavy atom. The third-order valence-electron chi connectivity index (χ3n) is 3.10. The van der Waals surface area contributed by atoms with Crippen LogP contribution in [0.15, 0.2) is 12.1 Å². The molecule has 21 heavy (non-hydrogen) atoms. The van der Waals surface area contributed by atoms with Crippen molar-refractivity contribution in [1.29, 1.82) is 0 Å². The predicted octanol–water partition coefficient (Wildman–Crippen LogP) is 2.13. The third kappa shape index (κ3) is 4.23. The van der Waals surface area contributed by atoms with Crippen LogP contribution in [0.2, 0.25) is 0 Å². The average molecular weight is 323 g/mol. The molecule has 1 aliphatic heterocycles. The third-order valence-corrected chi connectivity index (χ3v) is 4.86. The van der Waals surface area contributed by atoms with Gasteiger partial charge in [-0.15, -0.1) is 0 Å². The second-order valence-corrected chi connectivity index (χ2v) is 7.13. The van der Waals surface area contributed by atoms with Gasteiger partial charge < -0.3 is 10.6 Å². The van der Waals surface area contributed by atoms with Gasteiger partial charge in [0, 0.05) is 12.6 Å². The Balaban J connectivity index is 2.24. The Morgan fingerprint density at radius 3 is 2.52 bits per heavy atom. The van der Waals surface area contributed by atoms with Gasteiger partial charge >= 0.3 is 6.18 Å². The van der Waals surface area contributed by atoms with E-state index in [1.54, 1.807) is 6.92 Å². The molecule has 2 rings (SSSR count). The molecule has 0 spiro atoms. The molecule has 0 radical (unpaired) electrons. The maximum absolute atomic E-state index is 12.8. The SMILES string of the molecule is CCNc1cc(C(F)(F)F)cc(NC2CCS(=O)(=O)C2)n1. The number of nitrogens with one attached hydrogen (secondary N) is 2. The van der Waals surface area contributed by atoms with Gasteiger partial charge in [0.25, 0.3) is 0 Å². The predicted molar refractivity (Wildman–Crippen MR) is 74.1 cm³/mol. The van der Waals surface area contributed by atoms with Crippen LogP contribution in [-0.4, -0.2) is 37.5 Å². The van der Waals surface area contributed by atoms with E-state index in [9.17, 15) is 21.6 Å². The van der Waals surface area contributed by atoms with E-state index in [2.05, 4.69) is 15.6 Å². The minimum absolute atomic E-state index is 0.0304. The van der Waals surface area contributed by atoms with Crippen molar-refractivity contribution >= 4 is 21.5 Å². The number of rotatable bonds is 4. The van der Waals surface area contributed by atoms with Crippen molar-refractivity contribution in [3.8, 4) is 0 Å². The highest BCUT2D eigenvalue weighted by Gasteiger charge is 2.33. The summed E-state index contributed by atoms with van der Waals surface area (Å²) in [6.45, 7) is 2.18. The van der Waals surface area contributed by atoms with E-state index >= 15 is 0 Å². The number of aromatic nitrogens is 1. The normalized spacial score (nSPS) is 21.2. The minimum atomic E-state index is -4.48. The maximum Gasteiger partial charge on any atom is 0.416 e. The highest BCUT2D eigenvalue weighted by atomic mass is 32.2. The summed E-state index contributed by atoms with van der Waals surface area (Å²) in [7, 11) is -3.10. The van der Waals surface area contributed by atoms with Crippen LogP contribution in [0.1, 0.15) is 18.9 Å². The fraction of sp³-hybridized carbons (Fsp3) is 0.583. The van der Waals surface area contributed by atoms with Crippen LogP contribution in [0.25, 0.3) is 0 Å². The minimum Gasteiger partial charge on any atom is -0.370 e. The van der Waals surface area contributed by atoms with Gasteiger partial charge in [0.05, 0.1) is 17.1 Å². The Bertz CT molecular complexity index is 617. The molecule has 0 aromatic carbocycles. The largest absolute Gasteiger partial charge is 0.416 e. The summed E-state index contributed by atoms with van der Waals surface area (Å²) in [6.07, 6.45) is -4.11. The number of nitrogens with zero attached hydrogens (tertiary/aromatic N) is 1. The molecular weight excluding hydrogens is 307 g/mol. The molecule has 1 fully saturated rings. The molecule has 0 aliphatic carbocycles. The molecule has 5 nitrogen and oxygen atoms in total. The van der Waals surface area contributed by atoms with E-state index in [1.807, 2.05) is 0 Å². The van der Waals surface area contributed by atoms with Crippen molar-refractivity contribution in [2.24, 2.45) is 0 Å². The Labute approximate surface area is 120 Å². The van der Waals surface area contributed by atoms with Gasteiger partial charge in [-0.1, -0.05) is 0 Å². The van der Waals surface area contributed by atoms with Crippen molar-refractivity contribution in [1.82, 2.24) is 4.98 Å². The van der Waals surface area contributed by atoms with Crippen LogP contribution in [0.5, 0.6) is 0 Å². The van der Waals surface area contributed by atoms with Gasteiger partial charge in [0.1, 0.15) is 11.6 Å². The molecule has 1 unspecified atom stereocenters. The fourth-order valence-corrected chi connectivity index (χ4v) is 3.83. The van der Waals surface area contributed by atoms with Crippen LogP contribution in [-0.2, 0) is 16.0 Å². The molecule has 0 amide bonds. The average Bonchev–Trinajstić information content (AvgIpc) is 2.67. The Hall–Kier alpha value is -1.51. The molecule has 1 aliphatic rings. The summed E-state index contributed by atoms with van der Waals surface area (Å²) in [4.78, 5) is 4.03. The lowest BCUT2D eigenvalue weighted by Gasteiger charge is -2.16. The topological polar surface area (TPSA) is 71.1 Å². The lowest BCUT2D eigenvalue weighted by Crippen LogP contribution is -2.22. The number of alkyl halides is 3. The molecule has 1 atom stereocenters.